The number of hydrogen-bond donors (Lipinski definition) is 1. The molecule has 3 rings (SSSR count). The summed E-state index contributed by atoms with van der Waals surface area (Å²) in [6, 6.07) is 21.1. The number of ether oxygens (including phenoxy) is 3. The highest BCUT2D eigenvalue weighted by Gasteiger charge is 2.52. The van der Waals surface area contributed by atoms with Crippen LogP contribution in [0.1, 0.15) is 40.5 Å². The Kier molecular flexibility index (Phi) is 9.26. The fourth-order valence-electron chi connectivity index (χ4n) is 4.88. The van der Waals surface area contributed by atoms with Gasteiger partial charge in [-0.15, -0.1) is 0 Å². The second kappa shape index (κ2) is 11.8. The lowest BCUT2D eigenvalue weighted by molar-refractivity contribution is -0.220. The molecule has 0 bridgehead atoms. The Bertz CT molecular complexity index is 858. The molecule has 0 saturated carbocycles. The van der Waals surface area contributed by atoms with Crippen molar-refractivity contribution in [3.05, 3.63) is 72.3 Å². The van der Waals surface area contributed by atoms with Crippen LogP contribution in [-0.2, 0) is 18.6 Å². The standard InChI is InChI=1S/C28H40O5Si/c1-21(20-29)17-26(25-18-22(30-5)19-27(31-6)32-25)33-34(28(2,3)4,23-13-9-7-10-14-23)24-15-11-8-12-16-24/h7-17,22,25-27,29H,18-20H2,1-6H3/b21-17+/t22-,25-,26-,27-/m1/s1. The van der Waals surface area contributed by atoms with Crippen LogP contribution in [0.2, 0.25) is 5.04 Å². The van der Waals surface area contributed by atoms with Gasteiger partial charge in [-0.2, -0.15) is 0 Å². The van der Waals surface area contributed by atoms with E-state index in [-0.39, 0.29) is 36.2 Å². The van der Waals surface area contributed by atoms with E-state index in [1.165, 1.54) is 10.4 Å². The zero-order valence-corrected chi connectivity index (χ0v) is 22.4. The van der Waals surface area contributed by atoms with Crippen LogP contribution in [0.15, 0.2) is 72.3 Å². The van der Waals surface area contributed by atoms with E-state index in [0.717, 1.165) is 5.57 Å². The summed E-state index contributed by atoms with van der Waals surface area (Å²) in [6.07, 6.45) is 2.39. The zero-order chi connectivity index (χ0) is 24.8. The Morgan fingerprint density at radius 1 is 1.00 bits per heavy atom. The maximum Gasteiger partial charge on any atom is 0.262 e. The van der Waals surface area contributed by atoms with Gasteiger partial charge < -0.3 is 23.7 Å². The third kappa shape index (κ3) is 5.87. The Hall–Kier alpha value is -1.80. The monoisotopic (exact) mass is 484 g/mol. The largest absolute Gasteiger partial charge is 0.398 e. The van der Waals surface area contributed by atoms with E-state index in [2.05, 4.69) is 69.3 Å². The van der Waals surface area contributed by atoms with Crippen LogP contribution in [0, 0.1) is 0 Å². The fourth-order valence-corrected chi connectivity index (χ4v) is 9.52. The van der Waals surface area contributed by atoms with Crippen LogP contribution in [0.4, 0.5) is 0 Å². The molecule has 34 heavy (non-hydrogen) atoms. The molecule has 1 N–H and O–H groups in total. The van der Waals surface area contributed by atoms with E-state index >= 15 is 0 Å². The second-order valence-corrected chi connectivity index (χ2v) is 14.3. The van der Waals surface area contributed by atoms with Crippen molar-refractivity contribution in [3.8, 4) is 0 Å². The van der Waals surface area contributed by atoms with Gasteiger partial charge in [-0.25, -0.2) is 0 Å². The van der Waals surface area contributed by atoms with Crippen LogP contribution in [0.5, 0.6) is 0 Å². The second-order valence-electron chi connectivity index (χ2n) is 10.1. The Labute approximate surface area is 205 Å². The van der Waals surface area contributed by atoms with E-state index in [1.54, 1.807) is 14.2 Å². The van der Waals surface area contributed by atoms with Crippen LogP contribution in [-0.4, -0.2) is 58.9 Å². The summed E-state index contributed by atoms with van der Waals surface area (Å²) >= 11 is 0. The van der Waals surface area contributed by atoms with Gasteiger partial charge in [0.2, 0.25) is 0 Å². The molecule has 2 aromatic carbocycles. The summed E-state index contributed by atoms with van der Waals surface area (Å²) in [6.45, 7) is 8.67. The van der Waals surface area contributed by atoms with Crippen molar-refractivity contribution in [3.63, 3.8) is 0 Å². The average molecular weight is 485 g/mol. The minimum Gasteiger partial charge on any atom is -0.398 e. The number of hydrogen-bond acceptors (Lipinski definition) is 5. The zero-order valence-electron chi connectivity index (χ0n) is 21.4. The molecule has 1 heterocycles. The van der Waals surface area contributed by atoms with Crippen LogP contribution < -0.4 is 10.4 Å². The van der Waals surface area contributed by atoms with E-state index in [0.29, 0.717) is 12.8 Å². The molecule has 0 amide bonds. The minimum absolute atomic E-state index is 0.0109. The lowest BCUT2D eigenvalue weighted by Gasteiger charge is -2.47. The molecular weight excluding hydrogens is 444 g/mol. The molecule has 0 radical (unpaired) electrons. The molecular formula is C28H40O5Si. The topological polar surface area (TPSA) is 57.2 Å². The van der Waals surface area contributed by atoms with Gasteiger partial charge in [0.1, 0.15) is 0 Å². The Morgan fingerprint density at radius 2 is 1.56 bits per heavy atom. The van der Waals surface area contributed by atoms with Gasteiger partial charge in [0.05, 0.1) is 24.9 Å². The third-order valence-corrected chi connectivity index (χ3v) is 11.7. The maximum absolute atomic E-state index is 9.87. The van der Waals surface area contributed by atoms with Crippen LogP contribution in [0.25, 0.3) is 0 Å². The molecule has 1 saturated heterocycles. The van der Waals surface area contributed by atoms with E-state index in [9.17, 15) is 5.11 Å². The molecule has 1 fully saturated rings. The molecule has 4 atom stereocenters. The van der Waals surface area contributed by atoms with Gasteiger partial charge in [-0.3, -0.25) is 0 Å². The van der Waals surface area contributed by atoms with E-state index in [4.69, 9.17) is 18.6 Å². The number of benzene rings is 2. The molecule has 0 spiro atoms. The van der Waals surface area contributed by atoms with Crippen molar-refractivity contribution < 1.29 is 23.7 Å². The normalized spacial score (nSPS) is 23.0. The van der Waals surface area contributed by atoms with Gasteiger partial charge in [0.15, 0.2) is 6.29 Å². The highest BCUT2D eigenvalue weighted by atomic mass is 28.4. The van der Waals surface area contributed by atoms with Crippen LogP contribution >= 0.6 is 0 Å². The number of aliphatic hydroxyl groups is 1. The Balaban J connectivity index is 2.17. The summed E-state index contributed by atoms with van der Waals surface area (Å²) in [5.74, 6) is 0. The smallest absolute Gasteiger partial charge is 0.262 e. The molecule has 2 aromatic rings. The fraction of sp³-hybridized carbons (Fsp3) is 0.500. The predicted molar refractivity (Wildman–Crippen MR) is 139 cm³/mol. The summed E-state index contributed by atoms with van der Waals surface area (Å²) in [4.78, 5) is 0. The van der Waals surface area contributed by atoms with Gasteiger partial charge in [0, 0.05) is 27.1 Å². The first kappa shape index (κ1) is 26.8. The van der Waals surface area contributed by atoms with E-state index < -0.39 is 8.32 Å². The summed E-state index contributed by atoms with van der Waals surface area (Å²) in [5, 5.41) is 12.1. The lowest BCUT2D eigenvalue weighted by Crippen LogP contribution is -2.68. The van der Waals surface area contributed by atoms with Gasteiger partial charge in [-0.1, -0.05) is 87.5 Å². The first-order valence-electron chi connectivity index (χ1n) is 12.0. The van der Waals surface area contributed by atoms with E-state index in [1.807, 2.05) is 25.1 Å². The molecule has 186 valence electrons. The molecule has 1 aliphatic heterocycles. The van der Waals surface area contributed by atoms with Gasteiger partial charge in [-0.05, 0) is 27.9 Å². The van der Waals surface area contributed by atoms with Crippen molar-refractivity contribution in [1.29, 1.82) is 0 Å². The average Bonchev–Trinajstić information content (AvgIpc) is 2.86. The first-order valence-corrected chi connectivity index (χ1v) is 13.9. The molecule has 1 aliphatic rings. The first-order chi connectivity index (χ1) is 16.2. The summed E-state index contributed by atoms with van der Waals surface area (Å²) in [5.41, 5.74) is 0.847. The molecule has 0 unspecified atom stereocenters. The predicted octanol–water partition coefficient (Wildman–Crippen LogP) is 4.04. The van der Waals surface area contributed by atoms with Gasteiger partial charge in [0.25, 0.3) is 8.32 Å². The Morgan fingerprint density at radius 3 is 2.00 bits per heavy atom. The van der Waals surface area contributed by atoms with Crippen LogP contribution in [0.3, 0.4) is 0 Å². The summed E-state index contributed by atoms with van der Waals surface area (Å²) in [7, 11) is 0.560. The highest BCUT2D eigenvalue weighted by molar-refractivity contribution is 6.99. The summed E-state index contributed by atoms with van der Waals surface area (Å²) < 4.78 is 25.1. The number of methoxy groups -OCH3 is 2. The van der Waals surface area contributed by atoms with Gasteiger partial charge >= 0.3 is 0 Å². The maximum atomic E-state index is 9.87. The van der Waals surface area contributed by atoms with Crippen molar-refractivity contribution in [2.75, 3.05) is 20.8 Å². The molecule has 6 heteroatoms. The van der Waals surface area contributed by atoms with Crippen molar-refractivity contribution in [2.24, 2.45) is 0 Å². The lowest BCUT2D eigenvalue weighted by atomic mass is 9.99. The minimum atomic E-state index is -2.83. The third-order valence-electron chi connectivity index (χ3n) is 6.67. The number of rotatable bonds is 9. The quantitative estimate of drug-likeness (QED) is 0.430. The molecule has 0 aromatic heterocycles. The molecule has 0 aliphatic carbocycles. The highest BCUT2D eigenvalue weighted by Crippen LogP contribution is 2.39. The number of aliphatic hydroxyl groups excluding tert-OH is 1. The molecule has 5 nitrogen and oxygen atoms in total. The SMILES string of the molecule is CO[C@H]1C[C@H](OC)O[C@@H]([C@@H](/C=C(\C)CO)O[Si](c2ccccc2)(c2ccccc2)C(C)(C)C)C1. The van der Waals surface area contributed by atoms with Crippen molar-refractivity contribution in [2.45, 2.75) is 70.2 Å². The van der Waals surface area contributed by atoms with Crippen molar-refractivity contribution in [1.82, 2.24) is 0 Å². The van der Waals surface area contributed by atoms with Crippen molar-refractivity contribution >= 4 is 18.7 Å².